The molecule has 0 radical (unpaired) electrons. The Bertz CT molecular complexity index is 767. The number of benzene rings is 2. The first kappa shape index (κ1) is 16.4. The lowest BCUT2D eigenvalue weighted by Gasteiger charge is -2.08. The lowest BCUT2D eigenvalue weighted by Crippen LogP contribution is -2.14. The van der Waals surface area contributed by atoms with Crippen LogP contribution in [-0.2, 0) is 4.79 Å². The molecule has 2 aromatic rings. The number of anilines is 2. The number of nitrogens with zero attached hydrogens (tertiary/aromatic N) is 1. The highest BCUT2D eigenvalue weighted by Gasteiger charge is 2.10. The van der Waals surface area contributed by atoms with Crippen molar-refractivity contribution in [3.8, 4) is 11.8 Å². The SMILES string of the molecule is COc1ccc(NC(=O)/C(C#N)=C\Nc2ccccc2)cc1Cl. The van der Waals surface area contributed by atoms with E-state index in [0.29, 0.717) is 16.5 Å². The van der Waals surface area contributed by atoms with Crippen LogP contribution in [0.1, 0.15) is 0 Å². The van der Waals surface area contributed by atoms with Crippen molar-refractivity contribution in [1.29, 1.82) is 5.26 Å². The molecule has 2 aromatic carbocycles. The van der Waals surface area contributed by atoms with Gasteiger partial charge in [0.1, 0.15) is 17.4 Å². The van der Waals surface area contributed by atoms with Crippen LogP contribution in [0.15, 0.2) is 60.3 Å². The molecule has 116 valence electrons. The Kier molecular flexibility index (Phi) is 5.61. The maximum atomic E-state index is 12.1. The Balaban J connectivity index is 2.08. The number of nitrogens with one attached hydrogen (secondary N) is 2. The molecule has 0 aromatic heterocycles. The van der Waals surface area contributed by atoms with Gasteiger partial charge in [0.05, 0.1) is 12.1 Å². The minimum absolute atomic E-state index is 0.0548. The monoisotopic (exact) mass is 327 g/mol. The quantitative estimate of drug-likeness (QED) is 0.647. The number of rotatable bonds is 5. The number of halogens is 1. The molecule has 0 aliphatic carbocycles. The molecule has 6 heteroatoms. The number of nitriles is 1. The van der Waals surface area contributed by atoms with Crippen LogP contribution in [0, 0.1) is 11.3 Å². The Morgan fingerprint density at radius 3 is 2.57 bits per heavy atom. The molecule has 0 aliphatic rings. The zero-order valence-electron chi connectivity index (χ0n) is 12.3. The molecule has 0 spiro atoms. The second kappa shape index (κ2) is 7.87. The fourth-order valence-corrected chi connectivity index (χ4v) is 2.04. The van der Waals surface area contributed by atoms with Gasteiger partial charge in [-0.1, -0.05) is 29.8 Å². The van der Waals surface area contributed by atoms with Gasteiger partial charge in [0.25, 0.3) is 5.91 Å². The number of hydrogen-bond acceptors (Lipinski definition) is 4. The van der Waals surface area contributed by atoms with Gasteiger partial charge in [-0.2, -0.15) is 5.26 Å². The highest BCUT2D eigenvalue weighted by Crippen LogP contribution is 2.27. The molecule has 0 unspecified atom stereocenters. The van der Waals surface area contributed by atoms with E-state index in [4.69, 9.17) is 21.6 Å². The van der Waals surface area contributed by atoms with Gasteiger partial charge in [-0.25, -0.2) is 0 Å². The van der Waals surface area contributed by atoms with Crippen molar-refractivity contribution in [1.82, 2.24) is 0 Å². The fourth-order valence-electron chi connectivity index (χ4n) is 1.78. The zero-order chi connectivity index (χ0) is 16.7. The third kappa shape index (κ3) is 4.50. The lowest BCUT2D eigenvalue weighted by atomic mass is 10.2. The Morgan fingerprint density at radius 1 is 1.22 bits per heavy atom. The molecular weight excluding hydrogens is 314 g/mol. The second-order valence-electron chi connectivity index (χ2n) is 4.48. The smallest absolute Gasteiger partial charge is 0.267 e. The van der Waals surface area contributed by atoms with Crippen LogP contribution in [0.25, 0.3) is 0 Å². The lowest BCUT2D eigenvalue weighted by molar-refractivity contribution is -0.112. The molecule has 23 heavy (non-hydrogen) atoms. The Morgan fingerprint density at radius 2 is 1.96 bits per heavy atom. The summed E-state index contributed by atoms with van der Waals surface area (Å²) in [7, 11) is 1.51. The van der Waals surface area contributed by atoms with E-state index in [1.807, 2.05) is 36.4 Å². The Hall–Kier alpha value is -2.97. The number of para-hydroxylation sites is 1. The van der Waals surface area contributed by atoms with Crippen LogP contribution in [-0.4, -0.2) is 13.0 Å². The molecule has 0 atom stereocenters. The average molecular weight is 328 g/mol. The van der Waals surface area contributed by atoms with Crippen LogP contribution in [0.5, 0.6) is 5.75 Å². The van der Waals surface area contributed by atoms with Crippen molar-refractivity contribution in [3.05, 3.63) is 65.3 Å². The number of methoxy groups -OCH3 is 1. The van der Waals surface area contributed by atoms with Gasteiger partial charge in [0.2, 0.25) is 0 Å². The van der Waals surface area contributed by atoms with Crippen LogP contribution in [0.4, 0.5) is 11.4 Å². The van der Waals surface area contributed by atoms with Crippen molar-refractivity contribution in [2.75, 3.05) is 17.7 Å². The first-order valence-electron chi connectivity index (χ1n) is 6.71. The topological polar surface area (TPSA) is 74.1 Å². The molecule has 0 heterocycles. The third-order valence-electron chi connectivity index (χ3n) is 2.93. The van der Waals surface area contributed by atoms with E-state index in [2.05, 4.69) is 10.6 Å². The van der Waals surface area contributed by atoms with E-state index in [1.54, 1.807) is 18.2 Å². The van der Waals surface area contributed by atoms with Gasteiger partial charge in [0, 0.05) is 17.6 Å². The van der Waals surface area contributed by atoms with Gasteiger partial charge in [-0.05, 0) is 30.3 Å². The van der Waals surface area contributed by atoms with Crippen molar-refractivity contribution in [2.45, 2.75) is 0 Å². The molecule has 0 fully saturated rings. The molecular formula is C17H14ClN3O2. The summed E-state index contributed by atoms with van der Waals surface area (Å²) in [5.41, 5.74) is 1.20. The second-order valence-corrected chi connectivity index (χ2v) is 4.89. The maximum absolute atomic E-state index is 12.1. The van der Waals surface area contributed by atoms with Crippen molar-refractivity contribution in [2.24, 2.45) is 0 Å². The van der Waals surface area contributed by atoms with Gasteiger partial charge < -0.3 is 15.4 Å². The minimum atomic E-state index is -0.530. The highest BCUT2D eigenvalue weighted by atomic mass is 35.5. The normalized spacial score (nSPS) is 10.6. The number of hydrogen-bond donors (Lipinski definition) is 2. The summed E-state index contributed by atoms with van der Waals surface area (Å²) in [5.74, 6) is -0.0244. The van der Waals surface area contributed by atoms with Crippen LogP contribution < -0.4 is 15.4 Å². The molecule has 0 aliphatic heterocycles. The fraction of sp³-hybridized carbons (Fsp3) is 0.0588. The number of carbonyl (C=O) groups is 1. The Labute approximate surface area is 139 Å². The van der Waals surface area contributed by atoms with Gasteiger partial charge in [-0.15, -0.1) is 0 Å². The van der Waals surface area contributed by atoms with E-state index in [-0.39, 0.29) is 5.57 Å². The molecule has 0 bridgehead atoms. The summed E-state index contributed by atoms with van der Waals surface area (Å²) in [6.45, 7) is 0. The maximum Gasteiger partial charge on any atom is 0.267 e. The van der Waals surface area contributed by atoms with E-state index in [1.165, 1.54) is 13.3 Å². The molecule has 0 saturated heterocycles. The van der Waals surface area contributed by atoms with E-state index in [9.17, 15) is 4.79 Å². The summed E-state index contributed by atoms with van der Waals surface area (Å²) in [6, 6.07) is 15.9. The molecule has 2 N–H and O–H groups in total. The standard InChI is InChI=1S/C17H14ClN3O2/c1-23-16-8-7-14(9-15(16)18)21-17(22)12(10-19)11-20-13-5-3-2-4-6-13/h2-9,11,20H,1H3,(H,21,22)/b12-11-. The summed E-state index contributed by atoms with van der Waals surface area (Å²) in [5, 5.41) is 15.0. The summed E-state index contributed by atoms with van der Waals surface area (Å²) >= 11 is 6.00. The van der Waals surface area contributed by atoms with E-state index < -0.39 is 5.91 Å². The van der Waals surface area contributed by atoms with Gasteiger partial charge >= 0.3 is 0 Å². The summed E-state index contributed by atoms with van der Waals surface area (Å²) in [6.07, 6.45) is 1.36. The van der Waals surface area contributed by atoms with Gasteiger partial charge in [0.15, 0.2) is 0 Å². The molecule has 5 nitrogen and oxygen atoms in total. The van der Waals surface area contributed by atoms with E-state index in [0.717, 1.165) is 5.69 Å². The van der Waals surface area contributed by atoms with Crippen LogP contribution in [0.2, 0.25) is 5.02 Å². The zero-order valence-corrected chi connectivity index (χ0v) is 13.1. The van der Waals surface area contributed by atoms with Crippen molar-refractivity contribution in [3.63, 3.8) is 0 Å². The van der Waals surface area contributed by atoms with Gasteiger partial charge in [-0.3, -0.25) is 4.79 Å². The molecule has 2 rings (SSSR count). The highest BCUT2D eigenvalue weighted by molar-refractivity contribution is 6.32. The van der Waals surface area contributed by atoms with Crippen molar-refractivity contribution >= 4 is 28.9 Å². The van der Waals surface area contributed by atoms with Crippen molar-refractivity contribution < 1.29 is 9.53 Å². The molecule has 0 saturated carbocycles. The summed E-state index contributed by atoms with van der Waals surface area (Å²) < 4.78 is 5.04. The average Bonchev–Trinajstić information content (AvgIpc) is 2.56. The number of ether oxygens (including phenoxy) is 1. The molecule has 1 amide bonds. The first-order valence-corrected chi connectivity index (χ1v) is 7.08. The number of carbonyl (C=O) groups excluding carboxylic acids is 1. The summed E-state index contributed by atoms with van der Waals surface area (Å²) in [4.78, 5) is 12.1. The van der Waals surface area contributed by atoms with E-state index >= 15 is 0 Å². The first-order chi connectivity index (χ1) is 11.1. The third-order valence-corrected chi connectivity index (χ3v) is 3.23. The van der Waals surface area contributed by atoms with Crippen LogP contribution >= 0.6 is 11.6 Å². The predicted octanol–water partition coefficient (Wildman–Crippen LogP) is 3.81. The predicted molar refractivity (Wildman–Crippen MR) is 90.4 cm³/mol. The van der Waals surface area contributed by atoms with Crippen LogP contribution in [0.3, 0.4) is 0 Å². The number of amides is 1. The minimum Gasteiger partial charge on any atom is -0.495 e. The largest absolute Gasteiger partial charge is 0.495 e.